The first kappa shape index (κ1) is 12.8. The van der Waals surface area contributed by atoms with Crippen LogP contribution in [-0.2, 0) is 11.2 Å². The molecule has 0 aliphatic rings. The number of carbonyl (C=O) groups is 1. The van der Waals surface area contributed by atoms with Gasteiger partial charge < -0.3 is 15.5 Å². The largest absolute Gasteiger partial charge is 0.469 e. The molecule has 1 aromatic heterocycles. The lowest BCUT2D eigenvalue weighted by Crippen LogP contribution is -2.37. The summed E-state index contributed by atoms with van der Waals surface area (Å²) in [7, 11) is 0. The average molecular weight is 224 g/mol. The summed E-state index contributed by atoms with van der Waals surface area (Å²) in [6.45, 7) is 3.93. The zero-order valence-electron chi connectivity index (χ0n) is 9.90. The maximum Gasteiger partial charge on any atom is 0.221 e. The quantitative estimate of drug-likeness (QED) is 0.768. The normalized spacial score (nSPS) is 14.4. The summed E-state index contributed by atoms with van der Waals surface area (Å²) in [5, 5.41) is 2.90. The van der Waals surface area contributed by atoms with Crippen LogP contribution in [0.2, 0.25) is 0 Å². The van der Waals surface area contributed by atoms with Crippen LogP contribution in [0.3, 0.4) is 0 Å². The Balaban J connectivity index is 2.28. The van der Waals surface area contributed by atoms with E-state index in [1.54, 1.807) is 6.26 Å². The molecule has 0 radical (unpaired) electrons. The van der Waals surface area contributed by atoms with Crippen LogP contribution in [0.1, 0.15) is 32.4 Å². The second-order valence-corrected chi connectivity index (χ2v) is 4.12. The molecule has 3 N–H and O–H groups in total. The third-order valence-corrected chi connectivity index (χ3v) is 2.47. The molecule has 1 heterocycles. The van der Waals surface area contributed by atoms with Crippen molar-refractivity contribution in [2.45, 2.75) is 45.2 Å². The topological polar surface area (TPSA) is 68.3 Å². The minimum Gasteiger partial charge on any atom is -0.469 e. The fourth-order valence-corrected chi connectivity index (χ4v) is 1.50. The molecule has 0 aliphatic carbocycles. The average Bonchev–Trinajstić information content (AvgIpc) is 2.69. The molecule has 90 valence electrons. The highest BCUT2D eigenvalue weighted by Gasteiger charge is 2.11. The number of hydrogen-bond donors (Lipinski definition) is 2. The van der Waals surface area contributed by atoms with Crippen molar-refractivity contribution >= 4 is 5.91 Å². The Bertz CT molecular complexity index is 309. The Morgan fingerprint density at radius 3 is 2.94 bits per heavy atom. The van der Waals surface area contributed by atoms with Gasteiger partial charge in [-0.25, -0.2) is 0 Å². The molecule has 0 spiro atoms. The van der Waals surface area contributed by atoms with Gasteiger partial charge in [0.05, 0.1) is 6.26 Å². The van der Waals surface area contributed by atoms with Crippen molar-refractivity contribution in [3.8, 4) is 0 Å². The Labute approximate surface area is 96.2 Å². The van der Waals surface area contributed by atoms with Crippen molar-refractivity contribution < 1.29 is 9.21 Å². The van der Waals surface area contributed by atoms with Gasteiger partial charge in [-0.3, -0.25) is 4.79 Å². The van der Waals surface area contributed by atoms with Crippen LogP contribution in [0.4, 0.5) is 0 Å². The summed E-state index contributed by atoms with van der Waals surface area (Å²) in [6, 6.07) is 3.77. The monoisotopic (exact) mass is 224 g/mol. The van der Waals surface area contributed by atoms with Gasteiger partial charge in [0, 0.05) is 24.9 Å². The molecule has 4 heteroatoms. The summed E-state index contributed by atoms with van der Waals surface area (Å²) in [4.78, 5) is 11.5. The number of nitrogens with one attached hydrogen (secondary N) is 1. The van der Waals surface area contributed by atoms with Gasteiger partial charge in [0.1, 0.15) is 5.76 Å². The molecule has 0 saturated heterocycles. The van der Waals surface area contributed by atoms with E-state index in [-0.39, 0.29) is 18.0 Å². The molecule has 1 rings (SSSR count). The lowest BCUT2D eigenvalue weighted by molar-refractivity contribution is -0.122. The van der Waals surface area contributed by atoms with Crippen LogP contribution in [0.25, 0.3) is 0 Å². The van der Waals surface area contributed by atoms with Crippen molar-refractivity contribution in [1.82, 2.24) is 5.32 Å². The molecule has 1 aromatic rings. The van der Waals surface area contributed by atoms with E-state index >= 15 is 0 Å². The first-order valence-corrected chi connectivity index (χ1v) is 5.69. The van der Waals surface area contributed by atoms with Crippen LogP contribution in [0.5, 0.6) is 0 Å². The number of hydrogen-bond acceptors (Lipinski definition) is 3. The van der Waals surface area contributed by atoms with Crippen LogP contribution in [0.15, 0.2) is 22.8 Å². The van der Waals surface area contributed by atoms with Crippen molar-refractivity contribution in [3.63, 3.8) is 0 Å². The molecule has 1 amide bonds. The maximum absolute atomic E-state index is 11.5. The van der Waals surface area contributed by atoms with Gasteiger partial charge in [0.2, 0.25) is 5.91 Å². The molecule has 0 fully saturated rings. The van der Waals surface area contributed by atoms with Crippen molar-refractivity contribution in [1.29, 1.82) is 0 Å². The van der Waals surface area contributed by atoms with Crippen molar-refractivity contribution in [2.24, 2.45) is 5.73 Å². The molecule has 2 unspecified atom stereocenters. The Morgan fingerprint density at radius 1 is 1.62 bits per heavy atom. The van der Waals surface area contributed by atoms with E-state index in [0.29, 0.717) is 12.8 Å². The summed E-state index contributed by atoms with van der Waals surface area (Å²) in [5.74, 6) is 0.890. The van der Waals surface area contributed by atoms with Gasteiger partial charge >= 0.3 is 0 Å². The number of amides is 1. The van der Waals surface area contributed by atoms with Gasteiger partial charge in [0.25, 0.3) is 0 Å². The molecular formula is C12H20N2O2. The zero-order chi connectivity index (χ0) is 12.0. The van der Waals surface area contributed by atoms with Crippen LogP contribution < -0.4 is 11.1 Å². The molecule has 2 atom stereocenters. The highest BCUT2D eigenvalue weighted by molar-refractivity contribution is 5.76. The summed E-state index contributed by atoms with van der Waals surface area (Å²) < 4.78 is 5.21. The second-order valence-electron chi connectivity index (χ2n) is 4.12. The smallest absolute Gasteiger partial charge is 0.221 e. The van der Waals surface area contributed by atoms with E-state index < -0.39 is 0 Å². The van der Waals surface area contributed by atoms with Crippen LogP contribution in [0, 0.1) is 0 Å². The predicted octanol–water partition coefficient (Wildman–Crippen LogP) is 1.45. The molecular weight excluding hydrogens is 204 g/mol. The molecule has 4 nitrogen and oxygen atoms in total. The Morgan fingerprint density at radius 2 is 2.38 bits per heavy atom. The first-order valence-electron chi connectivity index (χ1n) is 5.69. The van der Waals surface area contributed by atoms with Crippen molar-refractivity contribution in [2.75, 3.05) is 0 Å². The molecule has 0 saturated carbocycles. The minimum atomic E-state index is -0.0455. The third-order valence-electron chi connectivity index (χ3n) is 2.47. The number of furan rings is 1. The van der Waals surface area contributed by atoms with Gasteiger partial charge in [-0.15, -0.1) is 0 Å². The molecule has 0 aromatic carbocycles. The SMILES string of the molecule is CCC(N)CC(=O)NC(C)Cc1ccco1. The fraction of sp³-hybridized carbons (Fsp3) is 0.583. The summed E-state index contributed by atoms with van der Waals surface area (Å²) in [5.41, 5.74) is 5.71. The van der Waals surface area contributed by atoms with E-state index in [1.165, 1.54) is 0 Å². The van der Waals surface area contributed by atoms with E-state index in [4.69, 9.17) is 10.2 Å². The number of nitrogens with two attached hydrogens (primary N) is 1. The van der Waals surface area contributed by atoms with Crippen LogP contribution >= 0.6 is 0 Å². The Kier molecular flexibility index (Phi) is 5.05. The summed E-state index contributed by atoms with van der Waals surface area (Å²) in [6.07, 6.45) is 3.55. The van der Waals surface area contributed by atoms with Gasteiger partial charge in [-0.05, 0) is 25.5 Å². The zero-order valence-corrected chi connectivity index (χ0v) is 9.90. The number of rotatable bonds is 6. The van der Waals surface area contributed by atoms with E-state index in [0.717, 1.165) is 12.2 Å². The standard InChI is InChI=1S/C12H20N2O2/c1-3-10(13)8-12(15)14-9(2)7-11-5-4-6-16-11/h4-6,9-10H,3,7-8,13H2,1-2H3,(H,14,15). The van der Waals surface area contributed by atoms with Gasteiger partial charge in [0.15, 0.2) is 0 Å². The number of carbonyl (C=O) groups excluding carboxylic acids is 1. The summed E-state index contributed by atoms with van der Waals surface area (Å²) >= 11 is 0. The lowest BCUT2D eigenvalue weighted by atomic mass is 10.1. The van der Waals surface area contributed by atoms with Crippen molar-refractivity contribution in [3.05, 3.63) is 24.2 Å². The van der Waals surface area contributed by atoms with Gasteiger partial charge in [-0.2, -0.15) is 0 Å². The highest BCUT2D eigenvalue weighted by atomic mass is 16.3. The van der Waals surface area contributed by atoms with E-state index in [1.807, 2.05) is 26.0 Å². The van der Waals surface area contributed by atoms with Gasteiger partial charge in [-0.1, -0.05) is 6.92 Å². The molecule has 0 bridgehead atoms. The third kappa shape index (κ3) is 4.49. The van der Waals surface area contributed by atoms with E-state index in [9.17, 15) is 4.79 Å². The first-order chi connectivity index (χ1) is 7.61. The molecule has 0 aliphatic heterocycles. The predicted molar refractivity (Wildman–Crippen MR) is 62.9 cm³/mol. The molecule has 16 heavy (non-hydrogen) atoms. The highest BCUT2D eigenvalue weighted by Crippen LogP contribution is 2.04. The fourth-order valence-electron chi connectivity index (χ4n) is 1.50. The maximum atomic E-state index is 11.5. The Hall–Kier alpha value is -1.29. The second kappa shape index (κ2) is 6.33. The lowest BCUT2D eigenvalue weighted by Gasteiger charge is -2.14. The van der Waals surface area contributed by atoms with Crippen LogP contribution in [-0.4, -0.2) is 18.0 Å². The minimum absolute atomic E-state index is 0.00778. The van der Waals surface area contributed by atoms with E-state index in [2.05, 4.69) is 5.32 Å².